The first kappa shape index (κ1) is 11.9. The molecule has 0 aliphatic carbocycles. The van der Waals surface area contributed by atoms with Gasteiger partial charge in [0.15, 0.2) is 0 Å². The van der Waals surface area contributed by atoms with Gasteiger partial charge in [-0.05, 0) is 50.8 Å². The molecule has 0 radical (unpaired) electrons. The van der Waals surface area contributed by atoms with Gasteiger partial charge in [-0.25, -0.2) is 4.98 Å². The molecule has 2 aliphatic rings. The zero-order valence-electron chi connectivity index (χ0n) is 10.9. The maximum atomic E-state index is 10.9. The second-order valence-corrected chi connectivity index (χ2v) is 5.76. The first-order chi connectivity index (χ1) is 8.58. The summed E-state index contributed by atoms with van der Waals surface area (Å²) in [5.41, 5.74) is 7.06. The van der Waals surface area contributed by atoms with Gasteiger partial charge in [-0.3, -0.25) is 0 Å². The molecule has 3 heterocycles. The Labute approximate surface area is 108 Å². The number of nitrogens with zero attached hydrogens (tertiary/aromatic N) is 2. The van der Waals surface area contributed by atoms with E-state index in [-0.39, 0.29) is 0 Å². The summed E-state index contributed by atoms with van der Waals surface area (Å²) in [6, 6.07) is 2.51. The van der Waals surface area contributed by atoms with Crippen molar-refractivity contribution in [1.82, 2.24) is 9.88 Å². The lowest BCUT2D eigenvalue weighted by molar-refractivity contribution is -0.0405. The fourth-order valence-electron chi connectivity index (χ4n) is 3.44. The van der Waals surface area contributed by atoms with Gasteiger partial charge in [0.2, 0.25) is 0 Å². The molecule has 2 fully saturated rings. The van der Waals surface area contributed by atoms with E-state index in [0.717, 1.165) is 30.5 Å². The Balaban J connectivity index is 1.92. The van der Waals surface area contributed by atoms with Crippen LogP contribution in [0.15, 0.2) is 12.3 Å². The number of aromatic nitrogens is 1. The number of nitrogens with two attached hydrogens (primary N) is 1. The fraction of sp³-hybridized carbons (Fsp3) is 0.643. The van der Waals surface area contributed by atoms with Gasteiger partial charge in [0, 0.05) is 24.3 Å². The van der Waals surface area contributed by atoms with Crippen LogP contribution < -0.4 is 5.73 Å². The maximum Gasteiger partial charge on any atom is 0.129 e. The Bertz CT molecular complexity index is 462. The monoisotopic (exact) mass is 247 g/mol. The van der Waals surface area contributed by atoms with Crippen LogP contribution in [0, 0.1) is 6.92 Å². The largest absolute Gasteiger partial charge is 0.385 e. The predicted octanol–water partition coefficient (Wildman–Crippen LogP) is 1.42. The molecule has 0 bridgehead atoms. The number of nitrogen functional groups attached to an aromatic ring is 1. The molecule has 18 heavy (non-hydrogen) atoms. The van der Waals surface area contributed by atoms with Crippen LogP contribution in [-0.4, -0.2) is 34.1 Å². The van der Waals surface area contributed by atoms with Gasteiger partial charge in [-0.15, -0.1) is 0 Å². The number of pyridine rings is 1. The van der Waals surface area contributed by atoms with Crippen LogP contribution in [0.2, 0.25) is 0 Å². The molecule has 0 saturated carbocycles. The third-order valence-corrected chi connectivity index (χ3v) is 4.44. The van der Waals surface area contributed by atoms with E-state index in [4.69, 9.17) is 5.73 Å². The highest BCUT2D eigenvalue weighted by molar-refractivity contribution is 5.45. The summed E-state index contributed by atoms with van der Waals surface area (Å²) in [4.78, 5) is 6.68. The molecule has 4 nitrogen and oxygen atoms in total. The highest BCUT2D eigenvalue weighted by Crippen LogP contribution is 2.41. The molecule has 3 N–H and O–H groups in total. The minimum absolute atomic E-state index is 0.481. The summed E-state index contributed by atoms with van der Waals surface area (Å²) in [5.74, 6) is 0.481. The highest BCUT2D eigenvalue weighted by Gasteiger charge is 2.42. The number of rotatable bonds is 1. The lowest BCUT2D eigenvalue weighted by atomic mass is 9.81. The van der Waals surface area contributed by atoms with E-state index in [2.05, 4.69) is 9.88 Å². The van der Waals surface area contributed by atoms with Crippen LogP contribution in [-0.2, 0) is 5.60 Å². The molecular weight excluding hydrogens is 226 g/mol. The Morgan fingerprint density at radius 2 is 2.33 bits per heavy atom. The Morgan fingerprint density at radius 3 is 3.17 bits per heavy atom. The van der Waals surface area contributed by atoms with Crippen LogP contribution in [0.1, 0.15) is 36.8 Å². The Hall–Kier alpha value is -1.13. The number of anilines is 1. The van der Waals surface area contributed by atoms with Crippen molar-refractivity contribution in [3.63, 3.8) is 0 Å². The van der Waals surface area contributed by atoms with Crippen molar-refractivity contribution in [3.05, 3.63) is 23.4 Å². The third kappa shape index (κ3) is 1.89. The molecular formula is C14H21N3O. The zero-order valence-corrected chi connectivity index (χ0v) is 10.9. The van der Waals surface area contributed by atoms with Crippen LogP contribution in [0.3, 0.4) is 0 Å². The molecule has 0 aromatic carbocycles. The summed E-state index contributed by atoms with van der Waals surface area (Å²) in [5, 5.41) is 10.9. The minimum atomic E-state index is -0.783. The van der Waals surface area contributed by atoms with E-state index in [1.807, 2.05) is 13.0 Å². The lowest BCUT2D eigenvalue weighted by Crippen LogP contribution is -2.46. The molecule has 2 atom stereocenters. The van der Waals surface area contributed by atoms with Crippen molar-refractivity contribution in [3.8, 4) is 0 Å². The number of hydrogen-bond donors (Lipinski definition) is 2. The highest BCUT2D eigenvalue weighted by atomic mass is 16.3. The Kier molecular flexibility index (Phi) is 2.79. The topological polar surface area (TPSA) is 62.4 Å². The second-order valence-electron chi connectivity index (χ2n) is 5.76. The maximum absolute atomic E-state index is 10.9. The normalized spacial score (nSPS) is 32.4. The van der Waals surface area contributed by atoms with Crippen molar-refractivity contribution < 1.29 is 5.11 Å². The number of fused-ring (bicyclic) bond motifs is 1. The molecule has 2 unspecified atom stereocenters. The van der Waals surface area contributed by atoms with Gasteiger partial charge >= 0.3 is 0 Å². The van der Waals surface area contributed by atoms with Crippen molar-refractivity contribution in [2.75, 3.05) is 18.8 Å². The van der Waals surface area contributed by atoms with E-state index in [0.29, 0.717) is 11.9 Å². The van der Waals surface area contributed by atoms with Gasteiger partial charge in [0.05, 0.1) is 5.60 Å². The number of aliphatic hydroxyl groups is 1. The van der Waals surface area contributed by atoms with Crippen molar-refractivity contribution in [2.45, 2.75) is 44.2 Å². The summed E-state index contributed by atoms with van der Waals surface area (Å²) in [7, 11) is 0. The molecule has 1 aromatic heterocycles. The lowest BCUT2D eigenvalue weighted by Gasteiger charge is -2.41. The van der Waals surface area contributed by atoms with E-state index in [1.165, 1.54) is 19.4 Å². The van der Waals surface area contributed by atoms with Crippen molar-refractivity contribution in [1.29, 1.82) is 0 Å². The molecule has 0 spiro atoms. The van der Waals surface area contributed by atoms with Crippen LogP contribution >= 0.6 is 0 Å². The quantitative estimate of drug-likeness (QED) is 0.788. The van der Waals surface area contributed by atoms with E-state index in [1.54, 1.807) is 6.20 Å². The molecule has 98 valence electrons. The minimum Gasteiger partial charge on any atom is -0.385 e. The van der Waals surface area contributed by atoms with Gasteiger partial charge in [-0.1, -0.05) is 0 Å². The summed E-state index contributed by atoms with van der Waals surface area (Å²) in [6.45, 7) is 4.14. The average molecular weight is 247 g/mol. The van der Waals surface area contributed by atoms with E-state index in [9.17, 15) is 5.11 Å². The molecule has 2 saturated heterocycles. The molecule has 4 heteroatoms. The average Bonchev–Trinajstić information content (AvgIpc) is 2.79. The fourth-order valence-corrected chi connectivity index (χ4v) is 3.44. The number of piperidine rings is 1. The summed E-state index contributed by atoms with van der Waals surface area (Å²) in [6.07, 6.45) is 5.76. The second kappa shape index (κ2) is 4.21. The van der Waals surface area contributed by atoms with Crippen LogP contribution in [0.5, 0.6) is 0 Å². The zero-order chi connectivity index (χ0) is 12.8. The number of aryl methyl sites for hydroxylation is 1. The molecule has 1 aromatic rings. The predicted molar refractivity (Wildman–Crippen MR) is 71.1 cm³/mol. The smallest absolute Gasteiger partial charge is 0.129 e. The van der Waals surface area contributed by atoms with Gasteiger partial charge in [-0.2, -0.15) is 0 Å². The summed E-state index contributed by atoms with van der Waals surface area (Å²) < 4.78 is 0. The van der Waals surface area contributed by atoms with Gasteiger partial charge in [0.25, 0.3) is 0 Å². The van der Waals surface area contributed by atoms with Gasteiger partial charge in [0.1, 0.15) is 5.82 Å². The molecule has 0 amide bonds. The standard InChI is InChI=1S/C14H21N3O/c1-10-7-12(13(15)16-9-10)14(18)4-6-17-5-2-3-11(17)8-14/h7,9,11,18H,2-6,8H2,1H3,(H2,15,16). The number of hydrogen-bond acceptors (Lipinski definition) is 4. The SMILES string of the molecule is Cc1cnc(N)c(C2(O)CCN3CCCC3C2)c1. The van der Waals surface area contributed by atoms with E-state index < -0.39 is 5.60 Å². The third-order valence-electron chi connectivity index (χ3n) is 4.44. The molecule has 2 aliphatic heterocycles. The van der Waals surface area contributed by atoms with Crippen molar-refractivity contribution in [2.24, 2.45) is 0 Å². The molecule has 3 rings (SSSR count). The van der Waals surface area contributed by atoms with E-state index >= 15 is 0 Å². The van der Waals surface area contributed by atoms with Crippen LogP contribution in [0.25, 0.3) is 0 Å². The summed E-state index contributed by atoms with van der Waals surface area (Å²) >= 11 is 0. The van der Waals surface area contributed by atoms with Crippen LogP contribution in [0.4, 0.5) is 5.82 Å². The van der Waals surface area contributed by atoms with Crippen molar-refractivity contribution >= 4 is 5.82 Å². The first-order valence-corrected chi connectivity index (χ1v) is 6.77. The Morgan fingerprint density at radius 1 is 1.50 bits per heavy atom. The van der Waals surface area contributed by atoms with Gasteiger partial charge < -0.3 is 15.7 Å². The first-order valence-electron chi connectivity index (χ1n) is 6.77.